The van der Waals surface area contributed by atoms with Gasteiger partial charge in [-0.1, -0.05) is 6.07 Å². The number of carbonyl (C=O) groups excluding carboxylic acids is 1. The highest BCUT2D eigenvalue weighted by Gasteiger charge is 2.40. The van der Waals surface area contributed by atoms with E-state index < -0.39 is 10.0 Å². The van der Waals surface area contributed by atoms with E-state index in [2.05, 4.69) is 4.90 Å². The molecule has 32 heavy (non-hydrogen) atoms. The van der Waals surface area contributed by atoms with Crippen molar-refractivity contribution < 1.29 is 17.9 Å². The molecule has 0 aromatic heterocycles. The SMILES string of the molecule is COc1cccc(N2CCN(S(=O)(=O)c3ccc4c(c3)C[C@@H](C)N4C(=O)C3CC3)CC2)c1. The molecule has 0 N–H and O–H groups in total. The predicted octanol–water partition coefficient (Wildman–Crippen LogP) is 2.89. The van der Waals surface area contributed by atoms with Crippen LogP contribution >= 0.6 is 0 Å². The van der Waals surface area contributed by atoms with Crippen LogP contribution in [0.2, 0.25) is 0 Å². The van der Waals surface area contributed by atoms with Crippen molar-refractivity contribution in [3.8, 4) is 5.75 Å². The topological polar surface area (TPSA) is 70.2 Å². The van der Waals surface area contributed by atoms with Crippen LogP contribution in [0.15, 0.2) is 47.4 Å². The van der Waals surface area contributed by atoms with Crippen LogP contribution in [0.5, 0.6) is 5.75 Å². The first-order valence-electron chi connectivity index (χ1n) is 11.2. The Morgan fingerprint density at radius 3 is 2.47 bits per heavy atom. The largest absolute Gasteiger partial charge is 0.497 e. The summed E-state index contributed by atoms with van der Waals surface area (Å²) in [5.74, 6) is 1.12. The van der Waals surface area contributed by atoms with E-state index in [1.54, 1.807) is 23.5 Å². The van der Waals surface area contributed by atoms with Gasteiger partial charge in [0.2, 0.25) is 15.9 Å². The van der Waals surface area contributed by atoms with E-state index in [9.17, 15) is 13.2 Å². The number of fused-ring (bicyclic) bond motifs is 1. The average Bonchev–Trinajstić information content (AvgIpc) is 3.60. The molecule has 2 fully saturated rings. The van der Waals surface area contributed by atoms with Gasteiger partial charge < -0.3 is 14.5 Å². The number of sulfonamides is 1. The van der Waals surface area contributed by atoms with Crippen LogP contribution in [0.3, 0.4) is 0 Å². The van der Waals surface area contributed by atoms with E-state index in [4.69, 9.17) is 4.74 Å². The second kappa shape index (κ2) is 8.08. The zero-order chi connectivity index (χ0) is 22.5. The lowest BCUT2D eigenvalue weighted by molar-refractivity contribution is -0.120. The molecule has 0 bridgehead atoms. The Bertz CT molecular complexity index is 1140. The lowest BCUT2D eigenvalue weighted by Crippen LogP contribution is -2.48. The first-order valence-corrected chi connectivity index (χ1v) is 12.7. The summed E-state index contributed by atoms with van der Waals surface area (Å²) >= 11 is 0. The van der Waals surface area contributed by atoms with Crippen molar-refractivity contribution in [2.24, 2.45) is 5.92 Å². The molecule has 3 aliphatic rings. The number of hydrogen-bond acceptors (Lipinski definition) is 5. The van der Waals surface area contributed by atoms with Gasteiger partial charge in [0.25, 0.3) is 0 Å². The third kappa shape index (κ3) is 3.75. The molecule has 2 aromatic carbocycles. The third-order valence-electron chi connectivity index (χ3n) is 6.73. The maximum Gasteiger partial charge on any atom is 0.243 e. The van der Waals surface area contributed by atoms with E-state index in [0.29, 0.717) is 37.5 Å². The maximum atomic E-state index is 13.4. The molecule has 1 saturated heterocycles. The van der Waals surface area contributed by atoms with Gasteiger partial charge in [-0.2, -0.15) is 4.31 Å². The monoisotopic (exact) mass is 455 g/mol. The maximum absolute atomic E-state index is 13.4. The van der Waals surface area contributed by atoms with Crippen molar-refractivity contribution in [2.45, 2.75) is 37.1 Å². The Kier molecular flexibility index (Phi) is 5.37. The number of hydrogen-bond donors (Lipinski definition) is 0. The molecule has 170 valence electrons. The Morgan fingerprint density at radius 1 is 1.03 bits per heavy atom. The Morgan fingerprint density at radius 2 is 1.78 bits per heavy atom. The summed E-state index contributed by atoms with van der Waals surface area (Å²) in [6.07, 6.45) is 2.62. The van der Waals surface area contributed by atoms with Crippen molar-refractivity contribution in [3.63, 3.8) is 0 Å². The van der Waals surface area contributed by atoms with E-state index >= 15 is 0 Å². The molecule has 1 aliphatic carbocycles. The fourth-order valence-electron chi connectivity index (χ4n) is 4.77. The summed E-state index contributed by atoms with van der Waals surface area (Å²) < 4.78 is 33.6. The summed E-state index contributed by atoms with van der Waals surface area (Å²) in [6.45, 7) is 4.14. The van der Waals surface area contributed by atoms with Gasteiger partial charge in [0, 0.05) is 55.6 Å². The van der Waals surface area contributed by atoms with Gasteiger partial charge in [-0.3, -0.25) is 4.79 Å². The lowest BCUT2D eigenvalue weighted by Gasteiger charge is -2.35. The molecular formula is C24H29N3O4S. The highest BCUT2D eigenvalue weighted by molar-refractivity contribution is 7.89. The van der Waals surface area contributed by atoms with E-state index in [1.807, 2.05) is 42.2 Å². The van der Waals surface area contributed by atoms with Gasteiger partial charge in [0.15, 0.2) is 0 Å². The molecule has 0 unspecified atom stereocenters. The van der Waals surface area contributed by atoms with E-state index in [1.165, 1.54) is 0 Å². The fraction of sp³-hybridized carbons (Fsp3) is 0.458. The van der Waals surface area contributed by atoms with E-state index in [-0.39, 0.29) is 17.9 Å². The smallest absolute Gasteiger partial charge is 0.243 e. The van der Waals surface area contributed by atoms with Crippen LogP contribution in [0, 0.1) is 5.92 Å². The van der Waals surface area contributed by atoms with Crippen LogP contribution < -0.4 is 14.5 Å². The average molecular weight is 456 g/mol. The van der Waals surface area contributed by atoms with Crippen LogP contribution in [-0.2, 0) is 21.2 Å². The molecule has 1 saturated carbocycles. The van der Waals surface area contributed by atoms with Gasteiger partial charge in [-0.15, -0.1) is 0 Å². The number of anilines is 2. The van der Waals surface area contributed by atoms with Gasteiger partial charge >= 0.3 is 0 Å². The van der Waals surface area contributed by atoms with Crippen molar-refractivity contribution in [2.75, 3.05) is 43.1 Å². The molecular weight excluding hydrogens is 426 g/mol. The standard InChI is InChI=1S/C24H29N3O4S/c1-17-14-19-15-22(8-9-23(19)27(17)24(28)18-6-7-18)32(29,30)26-12-10-25(11-13-26)20-4-3-5-21(16-20)31-2/h3-5,8-9,15-18H,6-7,10-14H2,1-2H3/t17-/m1/s1. The highest BCUT2D eigenvalue weighted by Crippen LogP contribution is 2.40. The molecule has 0 spiro atoms. The molecule has 5 rings (SSSR count). The number of nitrogens with zero attached hydrogens (tertiary/aromatic N) is 3. The molecule has 1 atom stereocenters. The number of rotatable bonds is 5. The van der Waals surface area contributed by atoms with Gasteiger partial charge in [0.05, 0.1) is 12.0 Å². The number of amides is 1. The number of ether oxygens (including phenoxy) is 1. The zero-order valence-electron chi connectivity index (χ0n) is 18.5. The zero-order valence-corrected chi connectivity index (χ0v) is 19.3. The van der Waals surface area contributed by atoms with E-state index in [0.717, 1.165) is 35.5 Å². The molecule has 8 heteroatoms. The van der Waals surface area contributed by atoms with Crippen LogP contribution in [0.4, 0.5) is 11.4 Å². The molecule has 1 amide bonds. The van der Waals surface area contributed by atoms with Crippen LogP contribution in [-0.4, -0.2) is 58.0 Å². The number of carbonyl (C=O) groups is 1. The van der Waals surface area contributed by atoms with Gasteiger partial charge in [-0.05, 0) is 62.1 Å². The summed E-state index contributed by atoms with van der Waals surface area (Å²) in [4.78, 5) is 17.1. The van der Waals surface area contributed by atoms with Crippen molar-refractivity contribution in [1.82, 2.24) is 4.31 Å². The molecule has 2 heterocycles. The fourth-order valence-corrected chi connectivity index (χ4v) is 6.25. The summed E-state index contributed by atoms with van der Waals surface area (Å²) in [6, 6.07) is 13.2. The Hall–Kier alpha value is -2.58. The first kappa shape index (κ1) is 21.3. The number of methoxy groups -OCH3 is 1. The first-order chi connectivity index (χ1) is 15.4. The molecule has 2 aliphatic heterocycles. The minimum absolute atomic E-state index is 0.0717. The second-order valence-electron chi connectivity index (χ2n) is 8.92. The van der Waals surface area contributed by atoms with Crippen molar-refractivity contribution in [3.05, 3.63) is 48.0 Å². The predicted molar refractivity (Wildman–Crippen MR) is 124 cm³/mol. The molecule has 2 aromatic rings. The minimum atomic E-state index is -3.58. The Labute approximate surface area is 189 Å². The summed E-state index contributed by atoms with van der Waals surface area (Å²) in [5.41, 5.74) is 2.85. The summed E-state index contributed by atoms with van der Waals surface area (Å²) in [5, 5.41) is 0. The van der Waals surface area contributed by atoms with Crippen LogP contribution in [0.25, 0.3) is 0 Å². The normalized spacial score (nSPS) is 21.5. The quantitative estimate of drug-likeness (QED) is 0.693. The number of piperazine rings is 1. The molecule has 7 nitrogen and oxygen atoms in total. The minimum Gasteiger partial charge on any atom is -0.497 e. The Balaban J connectivity index is 1.31. The summed E-state index contributed by atoms with van der Waals surface area (Å²) in [7, 11) is -1.94. The van der Waals surface area contributed by atoms with Crippen molar-refractivity contribution >= 4 is 27.3 Å². The van der Waals surface area contributed by atoms with Gasteiger partial charge in [0.1, 0.15) is 5.75 Å². The highest BCUT2D eigenvalue weighted by atomic mass is 32.2. The second-order valence-corrected chi connectivity index (χ2v) is 10.9. The van der Waals surface area contributed by atoms with Crippen molar-refractivity contribution in [1.29, 1.82) is 0 Å². The third-order valence-corrected chi connectivity index (χ3v) is 8.62. The van der Waals surface area contributed by atoms with Crippen LogP contribution in [0.1, 0.15) is 25.3 Å². The lowest BCUT2D eigenvalue weighted by atomic mass is 10.1. The molecule has 0 radical (unpaired) electrons. The van der Waals surface area contributed by atoms with Gasteiger partial charge in [-0.25, -0.2) is 8.42 Å². The number of benzene rings is 2.